The fourth-order valence-corrected chi connectivity index (χ4v) is 1.14. The van der Waals surface area contributed by atoms with E-state index in [4.69, 9.17) is 11.5 Å². The smallest absolute Gasteiger partial charge is 0.00367 e. The molecule has 0 saturated carbocycles. The molecule has 2 nitrogen and oxygen atoms in total. The summed E-state index contributed by atoms with van der Waals surface area (Å²) in [7, 11) is 0. The number of rotatable bonds is 4. The van der Waals surface area contributed by atoms with E-state index >= 15 is 0 Å². The Labute approximate surface area is 93.7 Å². The van der Waals surface area contributed by atoms with Gasteiger partial charge in [0.05, 0.1) is 0 Å². The Kier molecular flexibility index (Phi) is 9.13. The lowest BCUT2D eigenvalue weighted by Crippen LogP contribution is -2.01. The van der Waals surface area contributed by atoms with Crippen molar-refractivity contribution in [1.82, 2.24) is 0 Å². The van der Waals surface area contributed by atoms with Crippen molar-refractivity contribution in [2.45, 2.75) is 26.7 Å². The van der Waals surface area contributed by atoms with Gasteiger partial charge in [0.1, 0.15) is 0 Å². The molecule has 1 aromatic rings. The van der Waals surface area contributed by atoms with Crippen molar-refractivity contribution in [3.63, 3.8) is 0 Å². The summed E-state index contributed by atoms with van der Waals surface area (Å²) in [6.07, 6.45) is 2.14. The van der Waals surface area contributed by atoms with Crippen LogP contribution in [0.25, 0.3) is 0 Å². The molecular weight excluding hydrogens is 184 g/mol. The van der Waals surface area contributed by atoms with Crippen LogP contribution in [0.1, 0.15) is 25.8 Å². The zero-order valence-corrected chi connectivity index (χ0v) is 9.95. The maximum atomic E-state index is 5.36. The normalized spacial score (nSPS) is 9.67. The summed E-state index contributed by atoms with van der Waals surface area (Å²) in [6, 6.07) is 10.3. The Morgan fingerprint density at radius 3 is 1.93 bits per heavy atom. The summed E-state index contributed by atoms with van der Waals surface area (Å²) in [5.41, 5.74) is 11.9. The molecule has 0 radical (unpaired) electrons. The van der Waals surface area contributed by atoms with Gasteiger partial charge in [-0.2, -0.15) is 0 Å². The van der Waals surface area contributed by atoms with E-state index in [1.165, 1.54) is 5.56 Å². The first-order valence-corrected chi connectivity index (χ1v) is 5.64. The second-order valence-corrected chi connectivity index (χ2v) is 4.00. The van der Waals surface area contributed by atoms with Gasteiger partial charge in [-0.25, -0.2) is 0 Å². The minimum absolute atomic E-state index is 0.740. The maximum absolute atomic E-state index is 5.36. The van der Waals surface area contributed by atoms with Crippen LogP contribution >= 0.6 is 0 Å². The average molecular weight is 208 g/mol. The molecule has 4 N–H and O–H groups in total. The summed E-state index contributed by atoms with van der Waals surface area (Å²) in [5.74, 6) is 0.773. The summed E-state index contributed by atoms with van der Waals surface area (Å²) in [5, 5.41) is 0. The number of benzene rings is 1. The predicted octanol–water partition coefficient (Wildman–Crippen LogP) is 2.18. The number of hydrogen-bond acceptors (Lipinski definition) is 2. The van der Waals surface area contributed by atoms with Crippen molar-refractivity contribution in [2.24, 2.45) is 17.4 Å². The third-order valence-corrected chi connectivity index (χ3v) is 2.02. The molecule has 0 unspecified atom stereocenters. The third kappa shape index (κ3) is 9.44. The second kappa shape index (κ2) is 9.69. The van der Waals surface area contributed by atoms with Gasteiger partial charge in [-0.15, -0.1) is 0 Å². The van der Waals surface area contributed by atoms with E-state index in [1.807, 2.05) is 18.2 Å². The van der Waals surface area contributed by atoms with Crippen LogP contribution in [0.15, 0.2) is 30.3 Å². The molecule has 0 saturated heterocycles. The van der Waals surface area contributed by atoms with Crippen molar-refractivity contribution in [3.05, 3.63) is 35.9 Å². The number of nitrogens with two attached hydrogens (primary N) is 2. The number of hydrogen-bond donors (Lipinski definition) is 2. The Morgan fingerprint density at radius 2 is 1.60 bits per heavy atom. The van der Waals surface area contributed by atoms with Crippen LogP contribution in [-0.2, 0) is 6.42 Å². The monoisotopic (exact) mass is 208 g/mol. The van der Waals surface area contributed by atoms with Crippen molar-refractivity contribution < 1.29 is 0 Å². The molecule has 15 heavy (non-hydrogen) atoms. The van der Waals surface area contributed by atoms with Gasteiger partial charge in [-0.05, 0) is 37.4 Å². The molecule has 0 heterocycles. The summed E-state index contributed by atoms with van der Waals surface area (Å²) in [6.45, 7) is 5.92. The molecule has 1 rings (SSSR count). The van der Waals surface area contributed by atoms with Gasteiger partial charge >= 0.3 is 0 Å². The van der Waals surface area contributed by atoms with E-state index in [-0.39, 0.29) is 0 Å². The van der Waals surface area contributed by atoms with Gasteiger partial charge < -0.3 is 11.5 Å². The summed E-state index contributed by atoms with van der Waals surface area (Å²) < 4.78 is 0. The van der Waals surface area contributed by atoms with E-state index in [1.54, 1.807) is 0 Å². The molecule has 0 spiro atoms. The molecular formula is C13H24N2. The standard InChI is InChI=1S/C8H11N.C5H13N/c9-7-6-8-4-2-1-3-5-8;1-5(2)3-4-6/h1-5H,6-7,9H2;5H,3-4,6H2,1-2H3. The zero-order chi connectivity index (χ0) is 11.5. The van der Waals surface area contributed by atoms with Crippen molar-refractivity contribution in [1.29, 1.82) is 0 Å². The lowest BCUT2D eigenvalue weighted by atomic mass is 10.1. The third-order valence-electron chi connectivity index (χ3n) is 2.02. The topological polar surface area (TPSA) is 52.0 Å². The van der Waals surface area contributed by atoms with E-state index in [0.717, 1.165) is 31.8 Å². The highest BCUT2D eigenvalue weighted by Gasteiger charge is 1.86. The Bertz CT molecular complexity index is 219. The molecule has 0 aliphatic rings. The van der Waals surface area contributed by atoms with Crippen LogP contribution in [-0.4, -0.2) is 13.1 Å². The minimum Gasteiger partial charge on any atom is -0.330 e. The van der Waals surface area contributed by atoms with Crippen molar-refractivity contribution >= 4 is 0 Å². The molecule has 0 fully saturated rings. The van der Waals surface area contributed by atoms with Crippen LogP contribution < -0.4 is 11.5 Å². The molecule has 0 atom stereocenters. The Balaban J connectivity index is 0.000000288. The van der Waals surface area contributed by atoms with Crippen molar-refractivity contribution in [3.8, 4) is 0 Å². The highest BCUT2D eigenvalue weighted by atomic mass is 14.5. The first-order chi connectivity index (χ1) is 7.20. The molecule has 2 heteroatoms. The quantitative estimate of drug-likeness (QED) is 0.797. The van der Waals surface area contributed by atoms with Crippen LogP contribution in [0.5, 0.6) is 0 Å². The SMILES string of the molecule is CC(C)CCN.NCCc1ccccc1. The van der Waals surface area contributed by atoms with Gasteiger partial charge in [-0.3, -0.25) is 0 Å². The van der Waals surface area contributed by atoms with Crippen LogP contribution in [0.2, 0.25) is 0 Å². The van der Waals surface area contributed by atoms with Gasteiger partial charge in [0, 0.05) is 0 Å². The Hall–Kier alpha value is -0.860. The second-order valence-electron chi connectivity index (χ2n) is 4.00. The zero-order valence-electron chi connectivity index (χ0n) is 9.95. The molecule has 0 aliphatic heterocycles. The van der Waals surface area contributed by atoms with Gasteiger partial charge in [0.2, 0.25) is 0 Å². The van der Waals surface area contributed by atoms with E-state index < -0.39 is 0 Å². The Morgan fingerprint density at radius 1 is 1.00 bits per heavy atom. The van der Waals surface area contributed by atoms with E-state index in [9.17, 15) is 0 Å². The van der Waals surface area contributed by atoms with Crippen LogP contribution in [0.3, 0.4) is 0 Å². The molecule has 1 aromatic carbocycles. The van der Waals surface area contributed by atoms with Gasteiger partial charge in [0.15, 0.2) is 0 Å². The highest BCUT2D eigenvalue weighted by Crippen LogP contribution is 1.96. The maximum Gasteiger partial charge on any atom is -0.00367 e. The van der Waals surface area contributed by atoms with Crippen LogP contribution in [0, 0.1) is 5.92 Å². The summed E-state index contributed by atoms with van der Waals surface area (Å²) >= 11 is 0. The van der Waals surface area contributed by atoms with Crippen molar-refractivity contribution in [2.75, 3.05) is 13.1 Å². The average Bonchev–Trinajstić information content (AvgIpc) is 2.20. The molecule has 86 valence electrons. The molecule has 0 aromatic heterocycles. The fourth-order valence-electron chi connectivity index (χ4n) is 1.14. The van der Waals surface area contributed by atoms with E-state index in [2.05, 4.69) is 26.0 Å². The van der Waals surface area contributed by atoms with Gasteiger partial charge in [-0.1, -0.05) is 44.2 Å². The van der Waals surface area contributed by atoms with Crippen LogP contribution in [0.4, 0.5) is 0 Å². The van der Waals surface area contributed by atoms with Gasteiger partial charge in [0.25, 0.3) is 0 Å². The largest absolute Gasteiger partial charge is 0.330 e. The molecule has 0 amide bonds. The minimum atomic E-state index is 0.740. The molecule has 0 bridgehead atoms. The first-order valence-electron chi connectivity index (χ1n) is 5.64. The fraction of sp³-hybridized carbons (Fsp3) is 0.538. The first kappa shape index (κ1) is 14.1. The van der Waals surface area contributed by atoms with E-state index in [0.29, 0.717) is 0 Å². The lowest BCUT2D eigenvalue weighted by Gasteiger charge is -1.96. The molecule has 0 aliphatic carbocycles. The summed E-state index contributed by atoms with van der Waals surface area (Å²) in [4.78, 5) is 0. The lowest BCUT2D eigenvalue weighted by molar-refractivity contribution is 0.596. The predicted molar refractivity (Wildman–Crippen MR) is 67.7 cm³/mol. The highest BCUT2D eigenvalue weighted by molar-refractivity contribution is 5.14.